The maximum atomic E-state index is 12.6. The minimum absolute atomic E-state index is 0.00740. The van der Waals surface area contributed by atoms with Crippen LogP contribution in [0.3, 0.4) is 0 Å². The average Bonchev–Trinajstić information content (AvgIpc) is 2.93. The number of phenols is 1. The van der Waals surface area contributed by atoms with Gasteiger partial charge in [0.15, 0.2) is 0 Å². The molecule has 0 unspecified atom stereocenters. The van der Waals surface area contributed by atoms with Crippen LogP contribution in [0.15, 0.2) is 78.9 Å². The van der Waals surface area contributed by atoms with E-state index >= 15 is 0 Å². The van der Waals surface area contributed by atoms with Crippen LogP contribution in [-0.2, 0) is 14.3 Å². The van der Waals surface area contributed by atoms with Crippen LogP contribution in [0.2, 0.25) is 0 Å². The Kier molecular flexibility index (Phi) is 9.11. The highest BCUT2D eigenvalue weighted by Gasteiger charge is 2.17. The van der Waals surface area contributed by atoms with E-state index in [1.54, 1.807) is 12.1 Å². The van der Waals surface area contributed by atoms with Gasteiger partial charge in [-0.2, -0.15) is 0 Å². The van der Waals surface area contributed by atoms with Gasteiger partial charge in [0.05, 0.1) is 13.7 Å². The lowest BCUT2D eigenvalue weighted by Crippen LogP contribution is -2.36. The maximum absolute atomic E-state index is 12.6. The average molecular weight is 499 g/mol. The monoisotopic (exact) mass is 498 g/mol. The number of likely N-dealkylation sites (tertiary alicyclic amines) is 1. The van der Waals surface area contributed by atoms with Gasteiger partial charge < -0.3 is 15.2 Å². The van der Waals surface area contributed by atoms with E-state index in [0.29, 0.717) is 13.0 Å². The van der Waals surface area contributed by atoms with E-state index in [0.717, 1.165) is 59.5 Å². The zero-order chi connectivity index (χ0) is 26.0. The van der Waals surface area contributed by atoms with E-state index in [1.807, 2.05) is 66.7 Å². The summed E-state index contributed by atoms with van der Waals surface area (Å²) in [7, 11) is 1.40. The Hall–Kier alpha value is -3.90. The minimum Gasteiger partial charge on any atom is -0.508 e. The molecule has 37 heavy (non-hydrogen) atoms. The van der Waals surface area contributed by atoms with Crippen molar-refractivity contribution in [1.29, 1.82) is 0 Å². The number of phenolic OH excluding ortho intramolecular Hbond substituents is 1. The number of amides is 1. The van der Waals surface area contributed by atoms with Crippen molar-refractivity contribution >= 4 is 28.7 Å². The number of piperidine rings is 1. The Morgan fingerprint density at radius 1 is 0.811 bits per heavy atom. The maximum Gasteiger partial charge on any atom is 0.305 e. The Morgan fingerprint density at radius 3 is 2.05 bits per heavy atom. The summed E-state index contributed by atoms with van der Waals surface area (Å²) >= 11 is 0. The summed E-state index contributed by atoms with van der Waals surface area (Å²) < 4.78 is 4.91. The molecule has 192 valence electrons. The SMILES string of the molecule is COC(=O)CC/C(=C(\c1ccc(O)cc1)c1ccc(NC(=O)CN2CCCCC2)cc1)c1ccccc1. The lowest BCUT2D eigenvalue weighted by atomic mass is 9.87. The van der Waals surface area contributed by atoms with Gasteiger partial charge in [-0.25, -0.2) is 0 Å². The molecule has 3 aromatic carbocycles. The molecule has 0 spiro atoms. The van der Waals surface area contributed by atoms with Gasteiger partial charge in [-0.05, 0) is 84.5 Å². The van der Waals surface area contributed by atoms with Crippen LogP contribution in [-0.4, -0.2) is 48.6 Å². The number of methoxy groups -OCH3 is 1. The largest absolute Gasteiger partial charge is 0.508 e. The number of hydrogen-bond donors (Lipinski definition) is 2. The number of esters is 1. The quantitative estimate of drug-likeness (QED) is 0.291. The molecular formula is C31H34N2O4. The van der Waals surface area contributed by atoms with Crippen LogP contribution < -0.4 is 5.32 Å². The first-order chi connectivity index (χ1) is 18.0. The number of rotatable bonds is 9. The van der Waals surface area contributed by atoms with E-state index < -0.39 is 0 Å². The summed E-state index contributed by atoms with van der Waals surface area (Å²) in [6.07, 6.45) is 4.26. The molecule has 0 aromatic heterocycles. The van der Waals surface area contributed by atoms with Gasteiger partial charge in [-0.3, -0.25) is 14.5 Å². The third kappa shape index (κ3) is 7.30. The molecule has 0 aliphatic carbocycles. The van der Waals surface area contributed by atoms with E-state index in [-0.39, 0.29) is 24.0 Å². The predicted molar refractivity (Wildman–Crippen MR) is 147 cm³/mol. The van der Waals surface area contributed by atoms with E-state index in [4.69, 9.17) is 4.74 Å². The standard InChI is InChI=1S/C31H34N2O4/c1-37-30(36)19-18-28(23-8-4-2-5-9-23)31(25-12-16-27(34)17-13-25)24-10-14-26(15-11-24)32-29(35)22-33-20-6-3-7-21-33/h2,4-5,8-17,34H,3,6-7,18-22H2,1H3,(H,32,35)/b31-28+. The van der Waals surface area contributed by atoms with E-state index in [1.165, 1.54) is 13.5 Å². The second-order valence-electron chi connectivity index (χ2n) is 9.30. The molecule has 1 aliphatic heterocycles. The molecule has 3 aromatic rings. The number of carbonyl (C=O) groups excluding carboxylic acids is 2. The molecule has 1 amide bonds. The van der Waals surface area contributed by atoms with Gasteiger partial charge in [0, 0.05) is 12.1 Å². The Morgan fingerprint density at radius 2 is 1.43 bits per heavy atom. The van der Waals surface area contributed by atoms with Gasteiger partial charge in [-0.15, -0.1) is 0 Å². The van der Waals surface area contributed by atoms with Crippen LogP contribution in [0.4, 0.5) is 5.69 Å². The van der Waals surface area contributed by atoms with Crippen molar-refractivity contribution in [3.05, 3.63) is 95.6 Å². The number of ether oxygens (including phenoxy) is 1. The zero-order valence-corrected chi connectivity index (χ0v) is 21.3. The van der Waals surface area contributed by atoms with Crippen LogP contribution in [0, 0.1) is 0 Å². The molecule has 1 saturated heterocycles. The normalized spacial score (nSPS) is 14.5. The Labute approximate surface area is 218 Å². The lowest BCUT2D eigenvalue weighted by Gasteiger charge is -2.25. The molecule has 0 bridgehead atoms. The zero-order valence-electron chi connectivity index (χ0n) is 21.3. The fourth-order valence-corrected chi connectivity index (χ4v) is 4.77. The number of carbonyl (C=O) groups is 2. The van der Waals surface area contributed by atoms with Gasteiger partial charge in [0.1, 0.15) is 5.75 Å². The molecule has 1 fully saturated rings. The molecule has 2 N–H and O–H groups in total. The highest BCUT2D eigenvalue weighted by molar-refractivity contribution is 6.00. The smallest absolute Gasteiger partial charge is 0.305 e. The lowest BCUT2D eigenvalue weighted by molar-refractivity contribution is -0.140. The summed E-state index contributed by atoms with van der Waals surface area (Å²) in [5.74, 6) is -0.0945. The first-order valence-corrected chi connectivity index (χ1v) is 12.8. The second kappa shape index (κ2) is 12.9. The number of aromatic hydroxyl groups is 1. The van der Waals surface area contributed by atoms with Crippen LogP contribution in [0.5, 0.6) is 5.75 Å². The number of nitrogens with zero attached hydrogens (tertiary/aromatic N) is 1. The number of benzene rings is 3. The summed E-state index contributed by atoms with van der Waals surface area (Å²) in [5.41, 5.74) is 5.58. The molecular weight excluding hydrogens is 464 g/mol. The fourth-order valence-electron chi connectivity index (χ4n) is 4.77. The van der Waals surface area contributed by atoms with Gasteiger partial charge >= 0.3 is 5.97 Å². The molecule has 0 radical (unpaired) electrons. The van der Waals surface area contributed by atoms with Crippen LogP contribution >= 0.6 is 0 Å². The van der Waals surface area contributed by atoms with Crippen molar-refractivity contribution in [2.45, 2.75) is 32.1 Å². The van der Waals surface area contributed by atoms with Crippen molar-refractivity contribution in [2.24, 2.45) is 0 Å². The molecule has 0 saturated carbocycles. The molecule has 6 heteroatoms. The predicted octanol–water partition coefficient (Wildman–Crippen LogP) is 5.73. The van der Waals surface area contributed by atoms with Crippen molar-refractivity contribution < 1.29 is 19.4 Å². The topological polar surface area (TPSA) is 78.9 Å². The van der Waals surface area contributed by atoms with Gasteiger partial charge in [0.25, 0.3) is 0 Å². The summed E-state index contributed by atoms with van der Waals surface area (Å²) in [5, 5.41) is 12.9. The van der Waals surface area contributed by atoms with Gasteiger partial charge in [-0.1, -0.05) is 61.0 Å². The first-order valence-electron chi connectivity index (χ1n) is 12.8. The number of hydrogen-bond acceptors (Lipinski definition) is 5. The number of nitrogens with one attached hydrogen (secondary N) is 1. The highest BCUT2D eigenvalue weighted by atomic mass is 16.5. The van der Waals surface area contributed by atoms with Crippen molar-refractivity contribution in [3.63, 3.8) is 0 Å². The summed E-state index contributed by atoms with van der Waals surface area (Å²) in [6.45, 7) is 2.36. The molecule has 1 heterocycles. The molecule has 6 nitrogen and oxygen atoms in total. The first kappa shape index (κ1) is 26.2. The van der Waals surface area contributed by atoms with Crippen molar-refractivity contribution in [2.75, 3.05) is 32.1 Å². The molecule has 4 rings (SSSR count). The molecule has 1 aliphatic rings. The minimum atomic E-state index is -0.273. The van der Waals surface area contributed by atoms with Crippen LogP contribution in [0.1, 0.15) is 48.8 Å². The molecule has 0 atom stereocenters. The third-order valence-corrected chi connectivity index (χ3v) is 6.66. The van der Waals surface area contributed by atoms with Gasteiger partial charge in [0.2, 0.25) is 5.91 Å². The van der Waals surface area contributed by atoms with Crippen molar-refractivity contribution in [3.8, 4) is 5.75 Å². The number of anilines is 1. The van der Waals surface area contributed by atoms with E-state index in [2.05, 4.69) is 10.2 Å². The Balaban J connectivity index is 1.67. The fraction of sp³-hybridized carbons (Fsp3) is 0.290. The second-order valence-corrected chi connectivity index (χ2v) is 9.30. The highest BCUT2D eigenvalue weighted by Crippen LogP contribution is 2.36. The Bertz CT molecular complexity index is 1210. The van der Waals surface area contributed by atoms with Crippen LogP contribution in [0.25, 0.3) is 11.1 Å². The van der Waals surface area contributed by atoms with Crippen molar-refractivity contribution in [1.82, 2.24) is 4.90 Å². The van der Waals surface area contributed by atoms with E-state index in [9.17, 15) is 14.7 Å². The third-order valence-electron chi connectivity index (χ3n) is 6.66. The number of allylic oxidation sites excluding steroid dienone is 1. The summed E-state index contributed by atoms with van der Waals surface area (Å²) in [4.78, 5) is 26.9. The summed E-state index contributed by atoms with van der Waals surface area (Å²) in [6, 6.07) is 24.8.